The number of nitrogens with zero attached hydrogens (tertiary/aromatic N) is 3. The lowest BCUT2D eigenvalue weighted by Crippen LogP contribution is -2.22. The number of thiazole rings is 1. The fraction of sp³-hybridized carbons (Fsp3) is 0.417. The van der Waals surface area contributed by atoms with Gasteiger partial charge in [-0.3, -0.25) is 14.0 Å². The Labute approximate surface area is 113 Å². The molecular weight excluding hydrogens is 266 g/mol. The van der Waals surface area contributed by atoms with E-state index in [1.807, 2.05) is 17.3 Å². The van der Waals surface area contributed by atoms with Crippen LogP contribution in [-0.2, 0) is 11.3 Å². The maximum atomic E-state index is 11.8. The van der Waals surface area contributed by atoms with Crippen molar-refractivity contribution < 1.29 is 9.90 Å². The molecule has 1 N–H and O–H groups in total. The van der Waals surface area contributed by atoms with Crippen LogP contribution < -0.4 is 5.56 Å². The van der Waals surface area contributed by atoms with E-state index in [9.17, 15) is 9.59 Å². The summed E-state index contributed by atoms with van der Waals surface area (Å²) in [5, 5.41) is 10.4. The van der Waals surface area contributed by atoms with Gasteiger partial charge in [0.2, 0.25) is 0 Å². The highest BCUT2D eigenvalue weighted by molar-refractivity contribution is 7.15. The highest BCUT2D eigenvalue weighted by Crippen LogP contribution is 2.08. The lowest BCUT2D eigenvalue weighted by Gasteiger charge is -2.15. The molecule has 19 heavy (non-hydrogen) atoms. The molecule has 0 saturated carbocycles. The van der Waals surface area contributed by atoms with E-state index in [-0.39, 0.29) is 12.0 Å². The third-order valence-electron chi connectivity index (χ3n) is 2.72. The van der Waals surface area contributed by atoms with Crippen molar-refractivity contribution in [3.8, 4) is 0 Å². The van der Waals surface area contributed by atoms with Crippen LogP contribution in [0.2, 0.25) is 0 Å². The molecule has 0 aliphatic rings. The normalized spacial score (nSPS) is 11.3. The van der Waals surface area contributed by atoms with Gasteiger partial charge < -0.3 is 10.0 Å². The van der Waals surface area contributed by atoms with Crippen LogP contribution in [0.25, 0.3) is 4.96 Å². The van der Waals surface area contributed by atoms with E-state index in [0.717, 1.165) is 0 Å². The van der Waals surface area contributed by atoms with E-state index < -0.39 is 5.97 Å². The molecule has 0 unspecified atom stereocenters. The lowest BCUT2D eigenvalue weighted by atomic mass is 10.3. The second-order valence-electron chi connectivity index (χ2n) is 4.38. The molecule has 2 heterocycles. The minimum Gasteiger partial charge on any atom is -0.481 e. The zero-order valence-electron chi connectivity index (χ0n) is 10.6. The van der Waals surface area contributed by atoms with Gasteiger partial charge >= 0.3 is 5.97 Å². The van der Waals surface area contributed by atoms with Crippen molar-refractivity contribution in [2.24, 2.45) is 0 Å². The molecule has 2 rings (SSSR count). The minimum atomic E-state index is -0.787. The number of carboxylic acid groups (broad SMARTS) is 1. The number of carboxylic acids is 1. The summed E-state index contributed by atoms with van der Waals surface area (Å²) in [6, 6.07) is 1.52. The molecule has 102 valence electrons. The molecule has 0 amide bonds. The molecule has 0 atom stereocenters. The number of rotatable bonds is 6. The highest BCUT2D eigenvalue weighted by Gasteiger charge is 2.07. The largest absolute Gasteiger partial charge is 0.481 e. The summed E-state index contributed by atoms with van der Waals surface area (Å²) in [5.41, 5.74) is 0.630. The smallest absolute Gasteiger partial charge is 0.303 e. The fourth-order valence-corrected chi connectivity index (χ4v) is 2.56. The molecule has 0 radical (unpaired) electrons. The van der Waals surface area contributed by atoms with Crippen LogP contribution in [0.3, 0.4) is 0 Å². The Morgan fingerprint density at radius 1 is 1.58 bits per heavy atom. The Morgan fingerprint density at radius 3 is 3.11 bits per heavy atom. The summed E-state index contributed by atoms with van der Waals surface area (Å²) < 4.78 is 1.51. The first-order valence-corrected chi connectivity index (χ1v) is 6.80. The quantitative estimate of drug-likeness (QED) is 0.856. The first kappa shape index (κ1) is 13.7. The van der Waals surface area contributed by atoms with Crippen molar-refractivity contribution in [2.45, 2.75) is 19.4 Å². The van der Waals surface area contributed by atoms with Gasteiger partial charge in [0.1, 0.15) is 0 Å². The zero-order chi connectivity index (χ0) is 13.8. The topological polar surface area (TPSA) is 74.9 Å². The third kappa shape index (κ3) is 3.62. The van der Waals surface area contributed by atoms with Crippen molar-refractivity contribution in [3.63, 3.8) is 0 Å². The lowest BCUT2D eigenvalue weighted by molar-refractivity contribution is -0.137. The minimum absolute atomic E-state index is 0.0832. The van der Waals surface area contributed by atoms with Gasteiger partial charge in [0.25, 0.3) is 5.56 Å². The van der Waals surface area contributed by atoms with Crippen molar-refractivity contribution in [3.05, 3.63) is 33.7 Å². The van der Waals surface area contributed by atoms with E-state index >= 15 is 0 Å². The van der Waals surface area contributed by atoms with Gasteiger partial charge in [0.05, 0.1) is 5.69 Å². The average molecular weight is 281 g/mol. The summed E-state index contributed by atoms with van der Waals surface area (Å²) in [5.74, 6) is -0.787. The SMILES string of the molecule is CN(CCCC(=O)O)Cc1cc(=O)n2ccsc2n1. The van der Waals surface area contributed by atoms with Gasteiger partial charge in [-0.05, 0) is 20.0 Å². The molecule has 0 fully saturated rings. The van der Waals surface area contributed by atoms with Crippen LogP contribution in [-0.4, -0.2) is 39.0 Å². The second kappa shape index (κ2) is 5.94. The van der Waals surface area contributed by atoms with E-state index in [4.69, 9.17) is 5.11 Å². The highest BCUT2D eigenvalue weighted by atomic mass is 32.1. The van der Waals surface area contributed by atoms with Crippen molar-refractivity contribution >= 4 is 22.3 Å². The van der Waals surface area contributed by atoms with Crippen molar-refractivity contribution in [2.75, 3.05) is 13.6 Å². The zero-order valence-corrected chi connectivity index (χ0v) is 11.4. The Bertz CT molecular complexity index is 634. The van der Waals surface area contributed by atoms with Crippen molar-refractivity contribution in [1.82, 2.24) is 14.3 Å². The molecule has 6 nitrogen and oxygen atoms in total. The Kier molecular flexibility index (Phi) is 4.28. The van der Waals surface area contributed by atoms with Gasteiger partial charge in [-0.1, -0.05) is 0 Å². The number of carbonyl (C=O) groups is 1. The first-order chi connectivity index (χ1) is 9.06. The van der Waals surface area contributed by atoms with Crippen LogP contribution in [0.1, 0.15) is 18.5 Å². The maximum absolute atomic E-state index is 11.8. The summed E-state index contributed by atoms with van der Waals surface area (Å²) in [7, 11) is 1.89. The van der Waals surface area contributed by atoms with E-state index in [0.29, 0.717) is 30.2 Å². The van der Waals surface area contributed by atoms with Gasteiger partial charge in [-0.2, -0.15) is 0 Å². The molecule has 0 bridgehead atoms. The average Bonchev–Trinajstić information content (AvgIpc) is 2.76. The molecule has 2 aromatic rings. The molecule has 0 aliphatic heterocycles. The molecule has 2 aromatic heterocycles. The van der Waals surface area contributed by atoms with Crippen LogP contribution in [0.15, 0.2) is 22.4 Å². The van der Waals surface area contributed by atoms with Crippen LogP contribution in [0, 0.1) is 0 Å². The van der Waals surface area contributed by atoms with Gasteiger partial charge in [0.15, 0.2) is 4.96 Å². The standard InChI is InChI=1S/C12H15N3O3S/c1-14(4-2-3-11(17)18)8-9-7-10(16)15-5-6-19-12(15)13-9/h5-7H,2-4,8H2,1H3,(H,17,18). The van der Waals surface area contributed by atoms with E-state index in [1.165, 1.54) is 21.8 Å². The second-order valence-corrected chi connectivity index (χ2v) is 5.25. The molecule has 7 heteroatoms. The Morgan fingerprint density at radius 2 is 2.37 bits per heavy atom. The number of hydrogen-bond donors (Lipinski definition) is 1. The summed E-state index contributed by atoms with van der Waals surface area (Å²) in [6.45, 7) is 1.21. The number of aromatic nitrogens is 2. The molecular formula is C12H15N3O3S. The Balaban J connectivity index is 2.00. The van der Waals surface area contributed by atoms with Gasteiger partial charge in [-0.15, -0.1) is 11.3 Å². The number of fused-ring (bicyclic) bond motifs is 1. The fourth-order valence-electron chi connectivity index (χ4n) is 1.82. The summed E-state index contributed by atoms with van der Waals surface area (Å²) >= 11 is 1.42. The predicted molar refractivity (Wildman–Crippen MR) is 72.5 cm³/mol. The van der Waals surface area contributed by atoms with Crippen LogP contribution >= 0.6 is 11.3 Å². The maximum Gasteiger partial charge on any atom is 0.303 e. The molecule has 0 spiro atoms. The number of aliphatic carboxylic acids is 1. The molecule has 0 saturated heterocycles. The predicted octanol–water partition coefficient (Wildman–Crippen LogP) is 1.05. The molecule has 0 aromatic carbocycles. The van der Waals surface area contributed by atoms with E-state index in [2.05, 4.69) is 4.98 Å². The van der Waals surface area contributed by atoms with Gasteiger partial charge in [-0.25, -0.2) is 4.98 Å². The monoisotopic (exact) mass is 281 g/mol. The molecule has 0 aliphatic carbocycles. The number of hydrogen-bond acceptors (Lipinski definition) is 5. The summed E-state index contributed by atoms with van der Waals surface area (Å²) in [6.07, 6.45) is 2.45. The van der Waals surface area contributed by atoms with E-state index in [1.54, 1.807) is 6.20 Å². The van der Waals surface area contributed by atoms with Crippen molar-refractivity contribution in [1.29, 1.82) is 0 Å². The first-order valence-electron chi connectivity index (χ1n) is 5.92. The Hall–Kier alpha value is -1.73. The van der Waals surface area contributed by atoms with Crippen LogP contribution in [0.4, 0.5) is 0 Å². The van der Waals surface area contributed by atoms with Gasteiger partial charge in [0, 0.05) is 30.6 Å². The third-order valence-corrected chi connectivity index (χ3v) is 3.48. The summed E-state index contributed by atoms with van der Waals surface area (Å²) in [4.78, 5) is 29.3. The van der Waals surface area contributed by atoms with Crippen LogP contribution in [0.5, 0.6) is 0 Å².